The summed E-state index contributed by atoms with van der Waals surface area (Å²) in [4.78, 5) is 0.929. The van der Waals surface area contributed by atoms with Gasteiger partial charge in [-0.2, -0.15) is 0 Å². The maximum atomic E-state index is 10.3. The van der Waals surface area contributed by atoms with Gasteiger partial charge in [0.15, 0.2) is 23.0 Å². The number of phenols is 2. The smallest absolute Gasteiger partial charge is 0.172 e. The van der Waals surface area contributed by atoms with E-state index in [-0.39, 0.29) is 23.0 Å². The summed E-state index contributed by atoms with van der Waals surface area (Å²) in [7, 11) is 5.95. The highest BCUT2D eigenvalue weighted by molar-refractivity contribution is 7.99. The number of ether oxygens (including phenoxy) is 4. The van der Waals surface area contributed by atoms with E-state index in [1.165, 1.54) is 28.4 Å². The molecule has 0 amide bonds. The van der Waals surface area contributed by atoms with Gasteiger partial charge in [-0.1, -0.05) is 11.8 Å². The van der Waals surface area contributed by atoms with Crippen LogP contribution in [-0.2, 0) is 0 Å². The van der Waals surface area contributed by atoms with E-state index in [9.17, 15) is 10.2 Å². The first kappa shape index (κ1) is 17.0. The minimum atomic E-state index is -0.0421. The molecule has 6 nitrogen and oxygen atoms in total. The first-order valence-corrected chi connectivity index (χ1v) is 7.43. The van der Waals surface area contributed by atoms with Crippen molar-refractivity contribution in [1.29, 1.82) is 0 Å². The Morgan fingerprint density at radius 2 is 1.04 bits per heavy atom. The Hall–Kier alpha value is -2.41. The molecular formula is C16H18O6S. The third kappa shape index (κ3) is 3.50. The van der Waals surface area contributed by atoms with Crippen molar-refractivity contribution in [3.05, 3.63) is 24.3 Å². The fourth-order valence-electron chi connectivity index (χ4n) is 1.94. The Morgan fingerprint density at radius 3 is 1.35 bits per heavy atom. The van der Waals surface area contributed by atoms with Crippen LogP contribution in [0.25, 0.3) is 0 Å². The largest absolute Gasteiger partial charge is 0.503 e. The second-order valence-corrected chi connectivity index (χ2v) is 5.54. The average molecular weight is 338 g/mol. The van der Waals surface area contributed by atoms with Gasteiger partial charge in [0.05, 0.1) is 38.2 Å². The molecule has 0 aromatic heterocycles. The molecule has 0 radical (unpaired) electrons. The summed E-state index contributed by atoms with van der Waals surface area (Å²) < 4.78 is 20.6. The molecule has 0 spiro atoms. The zero-order chi connectivity index (χ0) is 17.0. The molecule has 0 bridgehead atoms. The van der Waals surface area contributed by atoms with Gasteiger partial charge in [0.2, 0.25) is 0 Å². The molecule has 2 aromatic carbocycles. The van der Waals surface area contributed by atoms with Crippen LogP contribution in [0.1, 0.15) is 0 Å². The number of rotatable bonds is 6. The Labute approximate surface area is 138 Å². The maximum absolute atomic E-state index is 10.3. The van der Waals surface area contributed by atoms with Gasteiger partial charge in [-0.3, -0.25) is 0 Å². The summed E-state index contributed by atoms with van der Waals surface area (Å²) in [6.07, 6.45) is 0. The van der Waals surface area contributed by atoms with Crippen LogP contribution in [0, 0.1) is 0 Å². The van der Waals surface area contributed by atoms with Gasteiger partial charge in [-0.25, -0.2) is 0 Å². The molecule has 0 saturated heterocycles. The van der Waals surface area contributed by atoms with Gasteiger partial charge in [0.25, 0.3) is 0 Å². The highest BCUT2D eigenvalue weighted by Crippen LogP contribution is 2.48. The summed E-state index contributed by atoms with van der Waals surface area (Å²) >= 11 is 1.14. The number of benzene rings is 2. The van der Waals surface area contributed by atoms with Crippen LogP contribution in [-0.4, -0.2) is 38.7 Å². The lowest BCUT2D eigenvalue weighted by Gasteiger charge is -2.14. The summed E-state index contributed by atoms with van der Waals surface area (Å²) in [5.74, 6) is 1.52. The minimum absolute atomic E-state index is 0.0421. The van der Waals surface area contributed by atoms with Crippen molar-refractivity contribution >= 4 is 11.8 Å². The number of hydrogen-bond acceptors (Lipinski definition) is 7. The van der Waals surface area contributed by atoms with Crippen molar-refractivity contribution in [2.45, 2.75) is 9.79 Å². The first-order valence-electron chi connectivity index (χ1n) is 6.61. The molecule has 7 heteroatoms. The van der Waals surface area contributed by atoms with Gasteiger partial charge in [0, 0.05) is 12.1 Å². The van der Waals surface area contributed by atoms with E-state index in [1.54, 1.807) is 24.3 Å². The maximum Gasteiger partial charge on any atom is 0.172 e. The Kier molecular flexibility index (Phi) is 5.33. The van der Waals surface area contributed by atoms with Gasteiger partial charge in [-0.05, 0) is 12.1 Å². The second kappa shape index (κ2) is 7.23. The van der Waals surface area contributed by atoms with E-state index < -0.39 is 0 Å². The number of phenolic OH excluding ortho intramolecular Hbond substituents is 2. The van der Waals surface area contributed by atoms with Crippen LogP contribution in [0.3, 0.4) is 0 Å². The van der Waals surface area contributed by atoms with E-state index in [0.29, 0.717) is 21.3 Å². The van der Waals surface area contributed by atoms with E-state index in [2.05, 4.69) is 0 Å². The van der Waals surface area contributed by atoms with E-state index in [0.717, 1.165) is 11.8 Å². The predicted octanol–water partition coefficient (Wildman–Crippen LogP) is 3.28. The average Bonchev–Trinajstić information content (AvgIpc) is 2.58. The summed E-state index contributed by atoms with van der Waals surface area (Å²) in [6.45, 7) is 0. The highest BCUT2D eigenvalue weighted by Gasteiger charge is 2.17. The second-order valence-electron chi connectivity index (χ2n) is 4.45. The molecule has 23 heavy (non-hydrogen) atoms. The molecule has 0 heterocycles. The molecule has 0 unspecified atom stereocenters. The van der Waals surface area contributed by atoms with E-state index in [1.807, 2.05) is 0 Å². The van der Waals surface area contributed by atoms with Crippen molar-refractivity contribution in [1.82, 2.24) is 0 Å². The molecular weight excluding hydrogens is 320 g/mol. The van der Waals surface area contributed by atoms with Crippen molar-refractivity contribution in [3.63, 3.8) is 0 Å². The topological polar surface area (TPSA) is 77.4 Å². The third-order valence-corrected chi connectivity index (χ3v) is 4.22. The Bertz CT molecular complexity index is 642. The van der Waals surface area contributed by atoms with Crippen molar-refractivity contribution in [3.8, 4) is 34.5 Å². The molecule has 0 aliphatic heterocycles. The van der Waals surface area contributed by atoms with Gasteiger partial charge in [-0.15, -0.1) is 0 Å². The lowest BCUT2D eigenvalue weighted by atomic mass is 10.3. The zero-order valence-electron chi connectivity index (χ0n) is 13.2. The van der Waals surface area contributed by atoms with Crippen molar-refractivity contribution in [2.75, 3.05) is 28.4 Å². The number of aromatic hydroxyl groups is 2. The van der Waals surface area contributed by atoms with Crippen molar-refractivity contribution < 1.29 is 29.2 Å². The molecule has 0 aliphatic carbocycles. The van der Waals surface area contributed by atoms with Crippen LogP contribution >= 0.6 is 11.8 Å². The number of hydrogen-bond donors (Lipinski definition) is 2. The van der Waals surface area contributed by atoms with Crippen LogP contribution < -0.4 is 18.9 Å². The minimum Gasteiger partial charge on any atom is -0.503 e. The van der Waals surface area contributed by atoms with E-state index >= 15 is 0 Å². The highest BCUT2D eigenvalue weighted by atomic mass is 32.2. The molecule has 2 rings (SSSR count). The van der Waals surface area contributed by atoms with Crippen LogP contribution in [0.5, 0.6) is 34.5 Å². The molecule has 0 aliphatic rings. The fourth-order valence-corrected chi connectivity index (χ4v) is 2.92. The Morgan fingerprint density at radius 1 is 0.652 bits per heavy atom. The normalized spacial score (nSPS) is 10.3. The molecule has 2 aromatic rings. The summed E-state index contributed by atoms with van der Waals surface area (Å²) in [6, 6.07) is 6.44. The fraction of sp³-hybridized carbons (Fsp3) is 0.250. The Balaban J connectivity index is 2.50. The molecule has 124 valence electrons. The third-order valence-electron chi connectivity index (χ3n) is 3.16. The van der Waals surface area contributed by atoms with Gasteiger partial charge < -0.3 is 29.2 Å². The summed E-state index contributed by atoms with van der Waals surface area (Å²) in [5, 5.41) is 20.5. The monoisotopic (exact) mass is 338 g/mol. The SMILES string of the molecule is COc1cc(OC)c(O)c(Sc2cc(OC)cc(OC)c2O)c1. The quantitative estimate of drug-likeness (QED) is 0.837. The first-order chi connectivity index (χ1) is 11.0. The van der Waals surface area contributed by atoms with Crippen LogP contribution in [0.2, 0.25) is 0 Å². The zero-order valence-corrected chi connectivity index (χ0v) is 14.1. The van der Waals surface area contributed by atoms with Crippen LogP contribution in [0.15, 0.2) is 34.1 Å². The molecule has 0 atom stereocenters. The molecule has 0 fully saturated rings. The van der Waals surface area contributed by atoms with Crippen molar-refractivity contribution in [2.24, 2.45) is 0 Å². The number of methoxy groups -OCH3 is 4. The predicted molar refractivity (Wildman–Crippen MR) is 86.5 cm³/mol. The molecule has 2 N–H and O–H groups in total. The molecule has 0 saturated carbocycles. The van der Waals surface area contributed by atoms with Gasteiger partial charge >= 0.3 is 0 Å². The standard InChI is InChI=1S/C16H18O6S/c1-19-9-5-11(21-3)15(17)13(7-9)23-14-8-10(20-2)6-12(22-4)16(14)18/h5-8,17-18H,1-4H3. The summed E-state index contributed by atoms with van der Waals surface area (Å²) in [5.41, 5.74) is 0. The lowest BCUT2D eigenvalue weighted by Crippen LogP contribution is -1.91. The van der Waals surface area contributed by atoms with Crippen LogP contribution in [0.4, 0.5) is 0 Å². The van der Waals surface area contributed by atoms with Gasteiger partial charge in [0.1, 0.15) is 11.5 Å². The lowest BCUT2D eigenvalue weighted by molar-refractivity contribution is 0.356. The van der Waals surface area contributed by atoms with E-state index in [4.69, 9.17) is 18.9 Å².